The van der Waals surface area contributed by atoms with Crippen LogP contribution in [0.15, 0.2) is 0 Å². The Bertz CT molecular complexity index is 120. The topological polar surface area (TPSA) is 0 Å². The Kier molecular flexibility index (Phi) is 8.42. The van der Waals surface area contributed by atoms with E-state index < -0.39 is 0 Å². The van der Waals surface area contributed by atoms with E-state index in [0.717, 1.165) is 17.8 Å². The van der Waals surface area contributed by atoms with Gasteiger partial charge in [-0.1, -0.05) is 72.4 Å². The van der Waals surface area contributed by atoms with Gasteiger partial charge in [-0.2, -0.15) is 0 Å². The van der Waals surface area contributed by atoms with Crippen LogP contribution in [-0.2, 0) is 0 Å². The van der Waals surface area contributed by atoms with Crippen molar-refractivity contribution >= 4 is 7.28 Å². The van der Waals surface area contributed by atoms with Crippen molar-refractivity contribution in [1.82, 2.24) is 0 Å². The molecule has 0 aliphatic heterocycles. The van der Waals surface area contributed by atoms with Crippen LogP contribution in [0.5, 0.6) is 0 Å². The normalized spacial score (nSPS) is 15.6. The molecule has 2 unspecified atom stereocenters. The highest BCUT2D eigenvalue weighted by Gasteiger charge is 2.12. The van der Waals surface area contributed by atoms with E-state index in [9.17, 15) is 0 Å². The van der Waals surface area contributed by atoms with E-state index in [1.54, 1.807) is 0 Å². The van der Waals surface area contributed by atoms with Crippen LogP contribution in [0.3, 0.4) is 0 Å². The predicted molar refractivity (Wildman–Crippen MR) is 69.5 cm³/mol. The van der Waals surface area contributed by atoms with E-state index >= 15 is 0 Å². The molecule has 0 rings (SSSR count). The first-order valence-electron chi connectivity index (χ1n) is 6.61. The molecular weight excluding hydrogens is 167 g/mol. The monoisotopic (exact) mass is 196 g/mol. The van der Waals surface area contributed by atoms with Crippen LogP contribution in [0, 0.1) is 17.8 Å². The minimum absolute atomic E-state index is 0.881. The van der Waals surface area contributed by atoms with Crippen LogP contribution in [0.1, 0.15) is 53.9 Å². The first-order chi connectivity index (χ1) is 6.61. The average Bonchev–Trinajstić information content (AvgIpc) is 2.16. The van der Waals surface area contributed by atoms with Crippen LogP contribution in [-0.4, -0.2) is 7.28 Å². The molecule has 0 amide bonds. The van der Waals surface area contributed by atoms with Gasteiger partial charge in [0.15, 0.2) is 0 Å². The fourth-order valence-corrected chi connectivity index (χ4v) is 2.11. The zero-order valence-corrected chi connectivity index (χ0v) is 11.0. The Morgan fingerprint density at radius 2 is 1.64 bits per heavy atom. The summed E-state index contributed by atoms with van der Waals surface area (Å²) in [6, 6.07) is 0. The molecule has 0 aromatic carbocycles. The molecule has 0 radical (unpaired) electrons. The smallest absolute Gasteiger partial charge is 0.0749 e. The zero-order chi connectivity index (χ0) is 11.0. The molecule has 84 valence electrons. The van der Waals surface area contributed by atoms with Crippen molar-refractivity contribution in [2.45, 2.75) is 66.5 Å². The van der Waals surface area contributed by atoms with Gasteiger partial charge in [0, 0.05) is 0 Å². The Labute approximate surface area is 92.1 Å². The minimum atomic E-state index is 0.881. The SMILES string of the molecule is CCCC(CBCC(C)CC)C(C)C. The lowest BCUT2D eigenvalue weighted by Gasteiger charge is -2.20. The summed E-state index contributed by atoms with van der Waals surface area (Å²) in [6.07, 6.45) is 7.02. The Hall–Kier alpha value is 0.0649. The van der Waals surface area contributed by atoms with Gasteiger partial charge < -0.3 is 0 Å². The van der Waals surface area contributed by atoms with Crippen molar-refractivity contribution in [2.24, 2.45) is 17.8 Å². The van der Waals surface area contributed by atoms with Gasteiger partial charge >= 0.3 is 0 Å². The largest absolute Gasteiger partial charge is 0.121 e. The lowest BCUT2D eigenvalue weighted by atomic mass is 9.61. The summed E-state index contributed by atoms with van der Waals surface area (Å²) in [6.45, 7) is 11.7. The molecule has 0 N–H and O–H groups in total. The standard InChI is InChI=1S/C13H29B/c1-6-8-13(11(3)4)10-14-9-12(5)7-2/h11-14H,6-10H2,1-5H3. The van der Waals surface area contributed by atoms with Crippen molar-refractivity contribution in [3.63, 3.8) is 0 Å². The molecule has 2 atom stereocenters. The highest BCUT2D eigenvalue weighted by Crippen LogP contribution is 2.22. The third kappa shape index (κ3) is 6.51. The van der Waals surface area contributed by atoms with Crippen LogP contribution in [0.25, 0.3) is 0 Å². The molecule has 0 nitrogen and oxygen atoms in total. The van der Waals surface area contributed by atoms with Gasteiger partial charge in [-0.15, -0.1) is 0 Å². The van der Waals surface area contributed by atoms with Gasteiger partial charge in [0.05, 0.1) is 0 Å². The molecule has 0 fully saturated rings. The molecule has 0 aliphatic carbocycles. The van der Waals surface area contributed by atoms with Gasteiger partial charge in [0.25, 0.3) is 0 Å². The second-order valence-corrected chi connectivity index (χ2v) is 5.24. The van der Waals surface area contributed by atoms with E-state index in [-0.39, 0.29) is 0 Å². The molecule has 0 bridgehead atoms. The molecule has 1 heteroatoms. The number of hydrogen-bond acceptors (Lipinski definition) is 0. The fraction of sp³-hybridized carbons (Fsp3) is 1.00. The van der Waals surface area contributed by atoms with Crippen LogP contribution in [0.4, 0.5) is 0 Å². The van der Waals surface area contributed by atoms with Gasteiger partial charge in [-0.3, -0.25) is 0 Å². The predicted octanol–water partition coefficient (Wildman–Crippen LogP) is 4.38. The maximum atomic E-state index is 2.38. The molecule has 0 aromatic rings. The van der Waals surface area contributed by atoms with Gasteiger partial charge in [-0.25, -0.2) is 0 Å². The van der Waals surface area contributed by atoms with E-state index in [1.807, 2.05) is 0 Å². The molecule has 0 saturated carbocycles. The van der Waals surface area contributed by atoms with Gasteiger partial charge in [0.1, 0.15) is 7.28 Å². The summed E-state index contributed by atoms with van der Waals surface area (Å²) >= 11 is 0. The number of rotatable bonds is 8. The number of hydrogen-bond donors (Lipinski definition) is 0. The van der Waals surface area contributed by atoms with Gasteiger partial charge in [0.2, 0.25) is 0 Å². The lowest BCUT2D eigenvalue weighted by Crippen LogP contribution is -2.12. The van der Waals surface area contributed by atoms with Crippen molar-refractivity contribution < 1.29 is 0 Å². The highest BCUT2D eigenvalue weighted by atomic mass is 14.1. The second-order valence-electron chi connectivity index (χ2n) is 5.24. The molecule has 0 aliphatic rings. The molecular formula is C13H29B. The van der Waals surface area contributed by atoms with E-state index in [2.05, 4.69) is 34.6 Å². The average molecular weight is 196 g/mol. The Morgan fingerprint density at radius 3 is 2.07 bits per heavy atom. The van der Waals surface area contributed by atoms with Crippen molar-refractivity contribution in [3.05, 3.63) is 0 Å². The first kappa shape index (κ1) is 14.1. The summed E-state index contributed by atoms with van der Waals surface area (Å²) in [5.41, 5.74) is 0. The molecule has 0 heterocycles. The van der Waals surface area contributed by atoms with E-state index in [4.69, 9.17) is 0 Å². The summed E-state index contributed by atoms with van der Waals surface area (Å²) < 4.78 is 0. The van der Waals surface area contributed by atoms with Crippen LogP contribution < -0.4 is 0 Å². The summed E-state index contributed by atoms with van der Waals surface area (Å²) in [5, 5.41) is 0. The Morgan fingerprint density at radius 1 is 1.00 bits per heavy atom. The quantitative estimate of drug-likeness (QED) is 0.505. The summed E-state index contributed by atoms with van der Waals surface area (Å²) in [5.74, 6) is 2.79. The third-order valence-electron chi connectivity index (χ3n) is 3.57. The first-order valence-corrected chi connectivity index (χ1v) is 6.61. The maximum Gasteiger partial charge on any atom is 0.121 e. The summed E-state index contributed by atoms with van der Waals surface area (Å²) in [7, 11) is 1.44. The zero-order valence-electron chi connectivity index (χ0n) is 11.0. The fourth-order valence-electron chi connectivity index (χ4n) is 2.11. The molecule has 14 heavy (non-hydrogen) atoms. The highest BCUT2D eigenvalue weighted by molar-refractivity contribution is 6.35. The maximum absolute atomic E-state index is 2.38. The van der Waals surface area contributed by atoms with Crippen molar-refractivity contribution in [2.75, 3.05) is 0 Å². The van der Waals surface area contributed by atoms with Crippen LogP contribution >= 0.6 is 0 Å². The summed E-state index contributed by atoms with van der Waals surface area (Å²) in [4.78, 5) is 0. The third-order valence-corrected chi connectivity index (χ3v) is 3.57. The lowest BCUT2D eigenvalue weighted by molar-refractivity contribution is 0.387. The van der Waals surface area contributed by atoms with Crippen LogP contribution in [0.2, 0.25) is 12.6 Å². The van der Waals surface area contributed by atoms with Crippen molar-refractivity contribution in [1.29, 1.82) is 0 Å². The minimum Gasteiger partial charge on any atom is -0.0749 e. The van der Waals surface area contributed by atoms with Crippen molar-refractivity contribution in [3.8, 4) is 0 Å². The second kappa shape index (κ2) is 8.38. The van der Waals surface area contributed by atoms with E-state index in [1.165, 1.54) is 39.2 Å². The molecule has 0 spiro atoms. The molecule has 0 aromatic heterocycles. The van der Waals surface area contributed by atoms with Gasteiger partial charge in [-0.05, 0) is 11.8 Å². The molecule has 0 saturated heterocycles. The Balaban J connectivity index is 3.60. The van der Waals surface area contributed by atoms with E-state index in [0.29, 0.717) is 0 Å².